The molecule has 5 amide bonds. The first-order chi connectivity index (χ1) is 29.4. The third kappa shape index (κ3) is 10.4. The predicted molar refractivity (Wildman–Crippen MR) is 221 cm³/mol. The maximum Gasteiger partial charge on any atom is 0.410 e. The van der Waals surface area contributed by atoms with E-state index in [1.807, 2.05) is 12.1 Å². The van der Waals surface area contributed by atoms with Gasteiger partial charge >= 0.3 is 12.2 Å². The number of nitrogens with zero attached hydrogens (tertiary/aromatic N) is 4. The molecule has 2 aliphatic carbocycles. The molecule has 1 aromatic carbocycles. The molecule has 0 unspecified atom stereocenters. The lowest BCUT2D eigenvalue weighted by Crippen LogP contribution is -2.58. The molecule has 1 spiro atoms. The van der Waals surface area contributed by atoms with Crippen LogP contribution in [0.3, 0.4) is 0 Å². The molecular weight excluding hydrogens is 812 g/mol. The minimum absolute atomic E-state index is 0.000851. The second-order valence-corrected chi connectivity index (χ2v) is 18.2. The summed E-state index contributed by atoms with van der Waals surface area (Å²) in [5.41, 5.74) is -0.731. The van der Waals surface area contributed by atoms with Crippen LogP contribution < -0.4 is 25.6 Å². The summed E-state index contributed by atoms with van der Waals surface area (Å²) in [5.74, 6) is -3.93. The average molecular weight is 867 g/mol. The van der Waals surface area contributed by atoms with Crippen LogP contribution in [-0.2, 0) is 33.9 Å². The van der Waals surface area contributed by atoms with Crippen molar-refractivity contribution in [1.82, 2.24) is 30.1 Å². The molecule has 4 N–H and O–H groups in total. The number of carbonyl (C=O) groups excluding carboxylic acids is 5. The van der Waals surface area contributed by atoms with E-state index in [4.69, 9.17) is 9.47 Å². The van der Waals surface area contributed by atoms with Gasteiger partial charge in [0, 0.05) is 51.3 Å². The van der Waals surface area contributed by atoms with Gasteiger partial charge in [0.25, 0.3) is 15.9 Å². The molecule has 7 rings (SSSR count). The lowest BCUT2D eigenvalue weighted by atomic mass is 10.0. The topological polar surface area (TPSA) is 209 Å². The number of fused-ring (bicyclic) bond motifs is 2. The quantitative estimate of drug-likeness (QED) is 0.317. The largest absolute Gasteiger partial charge is 0.446 e. The minimum Gasteiger partial charge on any atom is -0.446 e. The number of amides is 5. The molecule has 1 aromatic heterocycles. The zero-order valence-corrected chi connectivity index (χ0v) is 35.0. The van der Waals surface area contributed by atoms with E-state index >= 15 is 0 Å². The van der Waals surface area contributed by atoms with E-state index < -0.39 is 80.3 Å². The number of hydrogen-bond acceptors (Lipinski definition) is 12. The highest BCUT2D eigenvalue weighted by atomic mass is 32.2. The van der Waals surface area contributed by atoms with Crippen LogP contribution in [0, 0.1) is 11.7 Å². The van der Waals surface area contributed by atoms with Crippen LogP contribution in [0.15, 0.2) is 60.3 Å². The molecule has 17 nitrogen and oxygen atoms in total. The summed E-state index contributed by atoms with van der Waals surface area (Å²) in [7, 11) is -4.66. The molecule has 5 atom stereocenters. The lowest BCUT2D eigenvalue weighted by Gasteiger charge is -2.35. The van der Waals surface area contributed by atoms with Crippen molar-refractivity contribution in [2.75, 3.05) is 49.5 Å². The highest BCUT2D eigenvalue weighted by molar-refractivity contribution is 7.90. The Morgan fingerprint density at radius 2 is 1.69 bits per heavy atom. The fourth-order valence-corrected chi connectivity index (χ4v) is 10.0. The number of benzene rings is 1. The Balaban J connectivity index is 1.13. The molecule has 0 bridgehead atoms. The molecule has 61 heavy (non-hydrogen) atoms. The van der Waals surface area contributed by atoms with Crippen LogP contribution in [0.1, 0.15) is 77.0 Å². The maximum absolute atomic E-state index is 14.6. The zero-order chi connectivity index (χ0) is 43.1. The van der Waals surface area contributed by atoms with Crippen molar-refractivity contribution in [3.05, 3.63) is 61.2 Å². The molecule has 0 radical (unpaired) electrons. The van der Waals surface area contributed by atoms with Crippen LogP contribution in [0.2, 0.25) is 0 Å². The number of carbonyl (C=O) groups is 5. The van der Waals surface area contributed by atoms with Crippen LogP contribution in [0.5, 0.6) is 0 Å². The van der Waals surface area contributed by atoms with Crippen molar-refractivity contribution >= 4 is 51.3 Å². The molecule has 2 aromatic rings. The van der Waals surface area contributed by atoms with E-state index in [-0.39, 0.29) is 37.6 Å². The number of ether oxygens (including phenoxy) is 2. The summed E-state index contributed by atoms with van der Waals surface area (Å²) < 4.78 is 55.6. The van der Waals surface area contributed by atoms with Gasteiger partial charge in [0.05, 0.1) is 24.1 Å². The number of alkyl carbamates (subject to hydrolysis) is 1. The van der Waals surface area contributed by atoms with Crippen molar-refractivity contribution in [3.8, 4) is 0 Å². The molecule has 4 heterocycles. The number of anilines is 2. The van der Waals surface area contributed by atoms with E-state index in [2.05, 4.69) is 37.1 Å². The molecule has 2 saturated carbocycles. The van der Waals surface area contributed by atoms with Crippen LogP contribution in [-0.4, -0.2) is 122 Å². The summed E-state index contributed by atoms with van der Waals surface area (Å²) in [5, 5.41) is 8.54. The molecule has 4 fully saturated rings. The normalized spacial score (nSPS) is 27.8. The van der Waals surface area contributed by atoms with E-state index in [1.54, 1.807) is 17.3 Å². The van der Waals surface area contributed by atoms with Gasteiger partial charge in [-0.15, -0.1) is 6.58 Å². The van der Waals surface area contributed by atoms with E-state index in [0.717, 1.165) is 56.3 Å². The number of aromatic nitrogens is 1. The number of piperazine rings is 1. The Hall–Kier alpha value is -5.46. The molecule has 330 valence electrons. The first kappa shape index (κ1) is 43.6. The van der Waals surface area contributed by atoms with Crippen LogP contribution in [0.4, 0.5) is 25.4 Å². The summed E-state index contributed by atoms with van der Waals surface area (Å²) >= 11 is 0. The summed E-state index contributed by atoms with van der Waals surface area (Å²) in [6, 6.07) is 4.66. The molecule has 2 saturated heterocycles. The number of nitrogens with one attached hydrogen (secondary N) is 4. The van der Waals surface area contributed by atoms with Gasteiger partial charge in [-0.05, 0) is 75.3 Å². The first-order valence-electron chi connectivity index (χ1n) is 21.3. The lowest BCUT2D eigenvalue weighted by molar-refractivity contribution is -0.141. The standard InChI is InChI=1S/C42H55FN8O9S/c1-2-28-25-42(28)39(54)48-61(57,58)36-23-29(43)15-16-33(36)45-18-9-5-3-4-6-14-34(46-40(55)59-31-12-7-8-13-31)38(53)51-27-32(24-35(51)37(52)47-42)60-41(56)50-21-19-49(20-22-50)30-11-10-17-44-26-30/h2,10-11,15-17,23,26,28,31-32,34-35,45H,1,3-9,12-14,18-22,24-25,27H2,(H,46,55)(H,47,52)(H,48,54)/t28-,32-,34+,35+,42-/m1/s1. The number of hydrogen-bond donors (Lipinski definition) is 4. The van der Waals surface area contributed by atoms with E-state index in [9.17, 15) is 36.8 Å². The van der Waals surface area contributed by atoms with E-state index in [0.29, 0.717) is 52.0 Å². The van der Waals surface area contributed by atoms with Gasteiger partial charge in [-0.1, -0.05) is 31.8 Å². The van der Waals surface area contributed by atoms with Gasteiger partial charge in [-0.25, -0.2) is 27.1 Å². The summed E-state index contributed by atoms with van der Waals surface area (Å²) in [6.07, 6.45) is 9.15. The number of rotatable bonds is 5. The number of halogens is 1. The highest BCUT2D eigenvalue weighted by Gasteiger charge is 2.61. The van der Waals surface area contributed by atoms with Crippen molar-refractivity contribution in [2.45, 2.75) is 112 Å². The fourth-order valence-electron chi connectivity index (χ4n) is 8.77. The molecular formula is C42H55FN8O9S. The van der Waals surface area contributed by atoms with Gasteiger partial charge in [-0.2, -0.15) is 0 Å². The van der Waals surface area contributed by atoms with Crippen molar-refractivity contribution in [2.24, 2.45) is 5.92 Å². The van der Waals surface area contributed by atoms with E-state index in [1.165, 1.54) is 17.0 Å². The molecule has 5 aliphatic rings. The van der Waals surface area contributed by atoms with Gasteiger partial charge in [0.15, 0.2) is 0 Å². The molecule has 3 aliphatic heterocycles. The van der Waals surface area contributed by atoms with Crippen LogP contribution in [0.25, 0.3) is 0 Å². The SMILES string of the molecule is C=C[C@@H]1C[C@@]12NC(=O)[C@@H]1C[C@@H](OC(=O)N3CCN(c4cccnc4)CC3)CN1C(=O)[C@@H](NC(=O)OC1CCCC1)CCCCCCCNc1ccc(F)cc1S(=O)(=O)NC2=O. The zero-order valence-electron chi connectivity index (χ0n) is 34.2. The smallest absolute Gasteiger partial charge is 0.410 e. The van der Waals surface area contributed by atoms with Crippen molar-refractivity contribution in [1.29, 1.82) is 0 Å². The fraction of sp³-hybridized carbons (Fsp3) is 0.571. The second kappa shape index (κ2) is 19.1. The first-order valence-corrected chi connectivity index (χ1v) is 22.8. The van der Waals surface area contributed by atoms with Gasteiger partial charge < -0.3 is 40.1 Å². The van der Waals surface area contributed by atoms with Crippen LogP contribution >= 0.6 is 0 Å². The second-order valence-electron chi connectivity index (χ2n) is 16.5. The Kier molecular flexibility index (Phi) is 13.6. The predicted octanol–water partition coefficient (Wildman–Crippen LogP) is 3.82. The third-order valence-corrected chi connectivity index (χ3v) is 13.7. The summed E-state index contributed by atoms with van der Waals surface area (Å²) in [4.78, 5) is 78.5. The van der Waals surface area contributed by atoms with Crippen molar-refractivity contribution < 1.29 is 46.3 Å². The van der Waals surface area contributed by atoms with Gasteiger partial charge in [0.2, 0.25) is 11.8 Å². The van der Waals surface area contributed by atoms with Gasteiger partial charge in [0.1, 0.15) is 40.5 Å². The highest BCUT2D eigenvalue weighted by Crippen LogP contribution is 2.45. The monoisotopic (exact) mass is 866 g/mol. The Bertz CT molecular complexity index is 2070. The Labute approximate surface area is 355 Å². The third-order valence-electron chi connectivity index (χ3n) is 12.3. The number of sulfonamides is 1. The maximum atomic E-state index is 14.6. The number of pyridine rings is 1. The Morgan fingerprint density at radius 1 is 0.951 bits per heavy atom. The average Bonchev–Trinajstić information content (AvgIpc) is 3.49. The Morgan fingerprint density at radius 3 is 2.41 bits per heavy atom. The minimum atomic E-state index is -4.66. The van der Waals surface area contributed by atoms with Gasteiger partial charge in [-0.3, -0.25) is 19.4 Å². The summed E-state index contributed by atoms with van der Waals surface area (Å²) in [6.45, 7) is 5.74. The van der Waals surface area contributed by atoms with Crippen molar-refractivity contribution in [3.63, 3.8) is 0 Å². The molecule has 19 heteroatoms.